The van der Waals surface area contributed by atoms with Crippen LogP contribution in [-0.4, -0.2) is 70.1 Å². The second-order valence-electron chi connectivity index (χ2n) is 8.83. The molecule has 0 bridgehead atoms. The molecule has 0 N–H and O–H groups in total. The third-order valence-corrected chi connectivity index (χ3v) is 6.63. The Hall–Kier alpha value is -3.42. The van der Waals surface area contributed by atoms with Crippen LogP contribution < -0.4 is 9.80 Å². The summed E-state index contributed by atoms with van der Waals surface area (Å²) in [7, 11) is 1.83. The molecule has 0 unspecified atom stereocenters. The molecule has 2 aliphatic heterocycles. The molecule has 5 rings (SSSR count). The molecule has 8 nitrogen and oxygen atoms in total. The summed E-state index contributed by atoms with van der Waals surface area (Å²) in [6.07, 6.45) is 5.06. The van der Waals surface area contributed by atoms with E-state index in [-0.39, 0.29) is 5.91 Å². The first-order valence-corrected chi connectivity index (χ1v) is 11.9. The molecule has 4 heterocycles. The van der Waals surface area contributed by atoms with E-state index in [0.717, 1.165) is 49.1 Å². The van der Waals surface area contributed by atoms with Crippen molar-refractivity contribution in [3.8, 4) is 11.3 Å². The summed E-state index contributed by atoms with van der Waals surface area (Å²) in [6, 6.07) is 16.0. The molecule has 2 aromatic heterocycles. The summed E-state index contributed by atoms with van der Waals surface area (Å²) >= 11 is 0. The highest BCUT2D eigenvalue weighted by Gasteiger charge is 2.26. The van der Waals surface area contributed by atoms with Crippen molar-refractivity contribution in [3.63, 3.8) is 0 Å². The Balaban J connectivity index is 1.20. The van der Waals surface area contributed by atoms with E-state index in [9.17, 15) is 4.79 Å². The van der Waals surface area contributed by atoms with Gasteiger partial charge < -0.3 is 14.7 Å². The predicted molar refractivity (Wildman–Crippen MR) is 129 cm³/mol. The van der Waals surface area contributed by atoms with E-state index in [0.29, 0.717) is 18.8 Å². The lowest BCUT2D eigenvalue weighted by Gasteiger charge is -2.35. The maximum absolute atomic E-state index is 13.2. The number of nitrogens with zero attached hydrogens (tertiary/aromatic N) is 7. The molecule has 0 spiro atoms. The minimum Gasteiger partial charge on any atom is -0.355 e. The SMILES string of the molecule is Cn1nc(-c2ccccc2)cc1C(=O)N1CCN(c2ccc(N3CCCCCC3)nn2)CC1. The van der Waals surface area contributed by atoms with E-state index in [1.165, 1.54) is 25.7 Å². The van der Waals surface area contributed by atoms with Gasteiger partial charge in [0.05, 0.1) is 5.69 Å². The molecule has 172 valence electrons. The van der Waals surface area contributed by atoms with Crippen LogP contribution in [0.5, 0.6) is 0 Å². The first kappa shape index (κ1) is 21.4. The normalized spacial score (nSPS) is 17.2. The maximum Gasteiger partial charge on any atom is 0.272 e. The van der Waals surface area contributed by atoms with Gasteiger partial charge in [-0.3, -0.25) is 9.48 Å². The van der Waals surface area contributed by atoms with Crippen molar-refractivity contribution < 1.29 is 4.79 Å². The quantitative estimate of drug-likeness (QED) is 0.614. The monoisotopic (exact) mass is 445 g/mol. The van der Waals surface area contributed by atoms with Crippen molar-refractivity contribution in [2.45, 2.75) is 25.7 Å². The van der Waals surface area contributed by atoms with Crippen LogP contribution in [-0.2, 0) is 7.05 Å². The fourth-order valence-corrected chi connectivity index (χ4v) is 4.67. The van der Waals surface area contributed by atoms with Crippen LogP contribution in [0.2, 0.25) is 0 Å². The van der Waals surface area contributed by atoms with Crippen molar-refractivity contribution in [1.82, 2.24) is 24.9 Å². The van der Waals surface area contributed by atoms with Gasteiger partial charge in [-0.25, -0.2) is 0 Å². The lowest BCUT2D eigenvalue weighted by molar-refractivity contribution is 0.0735. The van der Waals surface area contributed by atoms with E-state index in [4.69, 9.17) is 0 Å². The molecule has 0 radical (unpaired) electrons. The van der Waals surface area contributed by atoms with E-state index >= 15 is 0 Å². The average Bonchev–Trinajstić information content (AvgIpc) is 3.07. The molecule has 1 amide bonds. The van der Waals surface area contributed by atoms with Gasteiger partial charge in [0.1, 0.15) is 5.69 Å². The van der Waals surface area contributed by atoms with Gasteiger partial charge in [0.2, 0.25) is 0 Å². The topological polar surface area (TPSA) is 70.4 Å². The second kappa shape index (κ2) is 9.60. The van der Waals surface area contributed by atoms with Crippen LogP contribution in [0.1, 0.15) is 36.2 Å². The van der Waals surface area contributed by atoms with Crippen LogP contribution in [0.3, 0.4) is 0 Å². The van der Waals surface area contributed by atoms with Gasteiger partial charge in [-0.05, 0) is 31.0 Å². The second-order valence-corrected chi connectivity index (χ2v) is 8.83. The number of benzene rings is 1. The summed E-state index contributed by atoms with van der Waals surface area (Å²) in [5, 5.41) is 13.6. The molecular weight excluding hydrogens is 414 g/mol. The average molecular weight is 446 g/mol. The Morgan fingerprint density at radius 2 is 1.36 bits per heavy atom. The van der Waals surface area contributed by atoms with Crippen LogP contribution >= 0.6 is 0 Å². The number of hydrogen-bond acceptors (Lipinski definition) is 6. The Kier molecular flexibility index (Phi) is 6.24. The highest BCUT2D eigenvalue weighted by molar-refractivity contribution is 5.94. The summed E-state index contributed by atoms with van der Waals surface area (Å²) < 4.78 is 1.68. The summed E-state index contributed by atoms with van der Waals surface area (Å²) in [4.78, 5) is 19.6. The minimum atomic E-state index is 0.0226. The van der Waals surface area contributed by atoms with Gasteiger partial charge in [-0.15, -0.1) is 10.2 Å². The zero-order valence-corrected chi connectivity index (χ0v) is 19.2. The Morgan fingerprint density at radius 1 is 0.758 bits per heavy atom. The van der Waals surface area contributed by atoms with Gasteiger partial charge in [0.25, 0.3) is 5.91 Å². The smallest absolute Gasteiger partial charge is 0.272 e. The fourth-order valence-electron chi connectivity index (χ4n) is 4.67. The van der Waals surface area contributed by atoms with Crippen LogP contribution in [0.15, 0.2) is 48.5 Å². The standard InChI is InChI=1S/C25H31N7O/c1-29-22(19-21(28-29)20-9-5-4-6-10-20)25(33)32-17-15-31(16-18-32)24-12-11-23(26-27-24)30-13-7-2-3-8-14-30/h4-6,9-12,19H,2-3,7-8,13-18H2,1H3. The lowest BCUT2D eigenvalue weighted by atomic mass is 10.1. The van der Waals surface area contributed by atoms with Crippen LogP contribution in [0.25, 0.3) is 11.3 Å². The molecular formula is C25H31N7O. The highest BCUT2D eigenvalue weighted by atomic mass is 16.2. The molecule has 33 heavy (non-hydrogen) atoms. The molecule has 3 aromatic rings. The number of piperazine rings is 1. The number of carbonyl (C=O) groups is 1. The number of aryl methyl sites for hydroxylation is 1. The summed E-state index contributed by atoms with van der Waals surface area (Å²) in [5.41, 5.74) is 2.45. The first-order chi connectivity index (χ1) is 16.2. The highest BCUT2D eigenvalue weighted by Crippen LogP contribution is 2.22. The fraction of sp³-hybridized carbons (Fsp3) is 0.440. The predicted octanol–water partition coefficient (Wildman–Crippen LogP) is 3.22. The van der Waals surface area contributed by atoms with Gasteiger partial charge in [0, 0.05) is 51.9 Å². The minimum absolute atomic E-state index is 0.0226. The zero-order chi connectivity index (χ0) is 22.6. The molecule has 2 saturated heterocycles. The van der Waals surface area contributed by atoms with E-state index in [1.807, 2.05) is 48.3 Å². The van der Waals surface area contributed by atoms with Crippen molar-refractivity contribution >= 4 is 17.5 Å². The van der Waals surface area contributed by atoms with Crippen LogP contribution in [0, 0.1) is 0 Å². The van der Waals surface area contributed by atoms with Crippen LogP contribution in [0.4, 0.5) is 11.6 Å². The molecule has 0 atom stereocenters. The lowest BCUT2D eigenvalue weighted by Crippen LogP contribution is -2.49. The number of rotatable bonds is 4. The van der Waals surface area contributed by atoms with Gasteiger partial charge in [-0.1, -0.05) is 43.2 Å². The molecule has 0 aliphatic carbocycles. The molecule has 2 aliphatic rings. The Bertz CT molecular complexity index is 1060. The largest absolute Gasteiger partial charge is 0.355 e. The third kappa shape index (κ3) is 4.69. The molecule has 1 aromatic carbocycles. The van der Waals surface area contributed by atoms with Crippen molar-refractivity contribution in [1.29, 1.82) is 0 Å². The third-order valence-electron chi connectivity index (χ3n) is 6.63. The molecule has 0 saturated carbocycles. The van der Waals surface area contributed by atoms with Gasteiger partial charge in [-0.2, -0.15) is 5.10 Å². The van der Waals surface area contributed by atoms with Crippen molar-refractivity contribution in [2.24, 2.45) is 7.05 Å². The van der Waals surface area contributed by atoms with Gasteiger partial charge >= 0.3 is 0 Å². The molecule has 2 fully saturated rings. The van der Waals surface area contributed by atoms with Crippen molar-refractivity contribution in [2.75, 3.05) is 49.1 Å². The molecule has 8 heteroatoms. The van der Waals surface area contributed by atoms with Gasteiger partial charge in [0.15, 0.2) is 11.6 Å². The first-order valence-electron chi connectivity index (χ1n) is 11.9. The number of carbonyl (C=O) groups excluding carboxylic acids is 1. The van der Waals surface area contributed by atoms with Crippen molar-refractivity contribution in [3.05, 3.63) is 54.2 Å². The summed E-state index contributed by atoms with van der Waals surface area (Å²) in [5.74, 6) is 1.88. The number of amides is 1. The van der Waals surface area contributed by atoms with E-state index < -0.39 is 0 Å². The number of hydrogen-bond donors (Lipinski definition) is 0. The number of anilines is 2. The Labute approximate surface area is 194 Å². The number of aromatic nitrogens is 4. The van der Waals surface area contributed by atoms with E-state index in [2.05, 4.69) is 37.2 Å². The van der Waals surface area contributed by atoms with E-state index in [1.54, 1.807) is 4.68 Å². The maximum atomic E-state index is 13.2. The zero-order valence-electron chi connectivity index (χ0n) is 19.2. The Morgan fingerprint density at radius 3 is 1.97 bits per heavy atom. The summed E-state index contributed by atoms with van der Waals surface area (Å²) in [6.45, 7) is 4.92.